The van der Waals surface area contributed by atoms with Crippen LogP contribution < -0.4 is 10.6 Å². The Balaban J connectivity index is 1.52. The number of aromatic nitrogens is 2. The van der Waals surface area contributed by atoms with Crippen molar-refractivity contribution < 1.29 is 42.1 Å². The highest BCUT2D eigenvalue weighted by Crippen LogP contribution is 2.37. The summed E-state index contributed by atoms with van der Waals surface area (Å²) in [6.45, 7) is 17.5. The monoisotopic (exact) mass is 702 g/mol. The normalized spacial score (nSPS) is 13.0. The quantitative estimate of drug-likeness (QED) is 0.0939. The summed E-state index contributed by atoms with van der Waals surface area (Å²) >= 11 is 2.19. The van der Waals surface area contributed by atoms with Crippen molar-refractivity contribution in [3.05, 3.63) is 71.2 Å². The van der Waals surface area contributed by atoms with Gasteiger partial charge >= 0.3 is 18.3 Å². The van der Waals surface area contributed by atoms with Crippen LogP contribution in [0.2, 0.25) is 0 Å². The molecule has 0 bridgehead atoms. The average molecular weight is 703 g/mol. The third-order valence-corrected chi connectivity index (χ3v) is 8.32. The fraction of sp³-hybridized carbons (Fsp3) is 0.364. The molecule has 0 aliphatic rings. The van der Waals surface area contributed by atoms with Crippen LogP contribution in [0.25, 0.3) is 20.4 Å². The van der Waals surface area contributed by atoms with E-state index in [1.165, 1.54) is 24.3 Å². The summed E-state index contributed by atoms with van der Waals surface area (Å²) in [6, 6.07) is 5.93. The summed E-state index contributed by atoms with van der Waals surface area (Å²) in [5, 5.41) is 5.30. The van der Waals surface area contributed by atoms with Gasteiger partial charge in [0.15, 0.2) is 23.8 Å². The van der Waals surface area contributed by atoms with Gasteiger partial charge < -0.3 is 18.9 Å². The second-order valence-electron chi connectivity index (χ2n) is 12.4. The number of rotatable bonds is 10. The lowest BCUT2D eigenvalue weighted by Crippen LogP contribution is -2.27. The highest BCUT2D eigenvalue weighted by molar-refractivity contribution is 7.19. The number of hydrogen-bond donors (Lipinski definition) is 2. The highest BCUT2D eigenvalue weighted by Gasteiger charge is 2.28. The number of nitrogens with one attached hydrogen (secondary N) is 2. The number of thiazole rings is 2. The van der Waals surface area contributed by atoms with Crippen LogP contribution in [0.4, 0.5) is 34.5 Å². The summed E-state index contributed by atoms with van der Waals surface area (Å²) in [6.07, 6.45) is -1.40. The van der Waals surface area contributed by atoms with Crippen LogP contribution in [0, 0.1) is 11.6 Å². The van der Waals surface area contributed by atoms with Crippen molar-refractivity contribution in [2.75, 3.05) is 10.6 Å². The maximum absolute atomic E-state index is 15.4. The maximum Gasteiger partial charge on any atom is 0.509 e. The third-order valence-electron chi connectivity index (χ3n) is 6.09. The van der Waals surface area contributed by atoms with E-state index in [9.17, 15) is 14.4 Å². The van der Waals surface area contributed by atoms with Gasteiger partial charge in [-0.2, -0.15) is 0 Å². The Hall–Kier alpha value is -4.63. The van der Waals surface area contributed by atoms with Crippen molar-refractivity contribution in [3.63, 3.8) is 0 Å². The zero-order valence-corrected chi connectivity index (χ0v) is 28.9. The first kappa shape index (κ1) is 36.2. The van der Waals surface area contributed by atoms with Gasteiger partial charge in [-0.05, 0) is 65.8 Å². The van der Waals surface area contributed by atoms with Gasteiger partial charge in [-0.25, -0.2) is 33.1 Å². The summed E-state index contributed by atoms with van der Waals surface area (Å²) in [7, 11) is 0. The molecule has 2 heterocycles. The van der Waals surface area contributed by atoms with Gasteiger partial charge in [0.25, 0.3) is 0 Å². The van der Waals surface area contributed by atoms with E-state index in [2.05, 4.69) is 33.8 Å². The van der Waals surface area contributed by atoms with Crippen molar-refractivity contribution in [1.82, 2.24) is 9.97 Å². The Labute approximate surface area is 283 Å². The SMILES string of the molecule is C=CCC(OC(=O)OC(CC=C)c1nc2c(F)c(NC(=O)OC(C)(C)C)ccc2s1)c1nc2c(F)c(NC(=O)OC(C)(C)C)ccc2s1. The van der Waals surface area contributed by atoms with Crippen molar-refractivity contribution in [3.8, 4) is 0 Å². The molecule has 0 saturated heterocycles. The van der Waals surface area contributed by atoms with Crippen LogP contribution in [0.5, 0.6) is 0 Å². The summed E-state index contributed by atoms with van der Waals surface area (Å²) in [5.74, 6) is -1.56. The lowest BCUT2D eigenvalue weighted by atomic mass is 10.2. The fourth-order valence-electron chi connectivity index (χ4n) is 4.22. The van der Waals surface area contributed by atoms with E-state index in [-0.39, 0.29) is 45.3 Å². The molecule has 2 atom stereocenters. The molecule has 0 radical (unpaired) electrons. The number of carbonyl (C=O) groups is 3. The Morgan fingerprint density at radius 2 is 1.12 bits per heavy atom. The number of amides is 2. The number of anilines is 2. The smallest absolute Gasteiger partial charge is 0.444 e. The zero-order chi connectivity index (χ0) is 35.4. The Bertz CT molecular complexity index is 1730. The van der Waals surface area contributed by atoms with Crippen LogP contribution in [0.1, 0.15) is 76.6 Å². The van der Waals surface area contributed by atoms with Crippen molar-refractivity contribution in [2.24, 2.45) is 0 Å². The minimum Gasteiger partial charge on any atom is -0.444 e. The molecular weight excluding hydrogens is 667 g/mol. The molecule has 48 heavy (non-hydrogen) atoms. The Morgan fingerprint density at radius 1 is 0.750 bits per heavy atom. The van der Waals surface area contributed by atoms with E-state index in [4.69, 9.17) is 18.9 Å². The van der Waals surface area contributed by atoms with Gasteiger partial charge in [-0.3, -0.25) is 10.6 Å². The molecule has 0 saturated carbocycles. The maximum atomic E-state index is 15.4. The molecule has 2 N–H and O–H groups in total. The fourth-order valence-corrected chi connectivity index (χ4v) is 6.23. The lowest BCUT2D eigenvalue weighted by Gasteiger charge is -2.19. The Morgan fingerprint density at radius 3 is 1.46 bits per heavy atom. The second-order valence-corrected chi connectivity index (χ2v) is 14.5. The molecule has 256 valence electrons. The molecule has 4 aromatic rings. The molecular formula is C33H36F2N4O7S2. The van der Waals surface area contributed by atoms with E-state index >= 15 is 8.78 Å². The summed E-state index contributed by atoms with van der Waals surface area (Å²) < 4.78 is 53.2. The number of hydrogen-bond acceptors (Lipinski definition) is 11. The number of carbonyl (C=O) groups excluding carboxylic acids is 3. The minimum atomic E-state index is -1.08. The molecule has 0 aliphatic heterocycles. The van der Waals surface area contributed by atoms with Crippen LogP contribution in [0.3, 0.4) is 0 Å². The van der Waals surface area contributed by atoms with E-state index in [0.717, 1.165) is 22.7 Å². The largest absolute Gasteiger partial charge is 0.509 e. The van der Waals surface area contributed by atoms with Gasteiger partial charge in [-0.1, -0.05) is 12.2 Å². The van der Waals surface area contributed by atoms with Crippen molar-refractivity contribution in [2.45, 2.75) is 77.8 Å². The molecule has 15 heteroatoms. The van der Waals surface area contributed by atoms with E-state index in [1.807, 2.05) is 0 Å². The van der Waals surface area contributed by atoms with Crippen LogP contribution in [0.15, 0.2) is 49.6 Å². The topological polar surface area (TPSA) is 138 Å². The van der Waals surface area contributed by atoms with E-state index in [0.29, 0.717) is 9.40 Å². The molecule has 2 aromatic heterocycles. The summed E-state index contributed by atoms with van der Waals surface area (Å²) in [5.41, 5.74) is -1.86. The predicted octanol–water partition coefficient (Wildman–Crippen LogP) is 9.97. The molecule has 2 unspecified atom stereocenters. The van der Waals surface area contributed by atoms with E-state index < -0.39 is 53.4 Å². The Kier molecular flexibility index (Phi) is 11.0. The molecule has 0 fully saturated rings. The molecule has 0 aliphatic carbocycles. The number of benzene rings is 2. The summed E-state index contributed by atoms with van der Waals surface area (Å²) in [4.78, 5) is 46.1. The standard InChI is InChI=1S/C33H36F2N4O7S2/c1-9-11-19(27-38-25-21(47-27)15-13-17(23(25)34)36-29(40)45-32(3,4)5)43-31(42)44-20(12-10-2)28-39-26-22(48-28)16-14-18(24(26)35)37-30(41)46-33(6,7)8/h9-10,13-16,19-20H,1-2,11-12H2,3-8H3,(H,36,40)(H,37,41). The van der Waals surface area contributed by atoms with Crippen molar-refractivity contribution in [1.29, 1.82) is 0 Å². The van der Waals surface area contributed by atoms with Crippen LogP contribution in [-0.2, 0) is 18.9 Å². The van der Waals surface area contributed by atoms with Gasteiger partial charge in [-0.15, -0.1) is 35.8 Å². The van der Waals surface area contributed by atoms with Crippen LogP contribution in [-0.4, -0.2) is 39.5 Å². The number of nitrogens with zero attached hydrogens (tertiary/aromatic N) is 2. The molecule has 0 spiro atoms. The highest BCUT2D eigenvalue weighted by atomic mass is 32.1. The number of fused-ring (bicyclic) bond motifs is 2. The average Bonchev–Trinajstić information content (AvgIpc) is 3.59. The zero-order valence-electron chi connectivity index (χ0n) is 27.3. The minimum absolute atomic E-state index is 0.0313. The predicted molar refractivity (Wildman–Crippen MR) is 182 cm³/mol. The molecule has 2 amide bonds. The van der Waals surface area contributed by atoms with E-state index in [1.54, 1.807) is 53.7 Å². The lowest BCUT2D eigenvalue weighted by molar-refractivity contribution is -0.00181. The molecule has 11 nitrogen and oxygen atoms in total. The molecule has 4 rings (SSSR count). The first-order chi connectivity index (χ1) is 22.5. The van der Waals surface area contributed by atoms with Crippen LogP contribution >= 0.6 is 22.7 Å². The number of halogens is 2. The third kappa shape index (κ3) is 9.25. The second kappa shape index (κ2) is 14.6. The van der Waals surface area contributed by atoms with Crippen molar-refractivity contribution >= 4 is 72.8 Å². The van der Waals surface area contributed by atoms with Gasteiger partial charge in [0.1, 0.15) is 32.3 Å². The van der Waals surface area contributed by atoms with Gasteiger partial charge in [0.2, 0.25) is 0 Å². The first-order valence-corrected chi connectivity index (χ1v) is 16.4. The van der Waals surface area contributed by atoms with Gasteiger partial charge in [0, 0.05) is 12.8 Å². The van der Waals surface area contributed by atoms with Gasteiger partial charge in [0.05, 0.1) is 20.8 Å². The first-order valence-electron chi connectivity index (χ1n) is 14.7. The molecule has 2 aromatic carbocycles. The number of ether oxygens (including phenoxy) is 4.